The van der Waals surface area contributed by atoms with E-state index in [0.29, 0.717) is 33.2 Å². The fourth-order valence-corrected chi connectivity index (χ4v) is 4.20. The van der Waals surface area contributed by atoms with Gasteiger partial charge in [0.1, 0.15) is 24.4 Å². The Labute approximate surface area is 213 Å². The summed E-state index contributed by atoms with van der Waals surface area (Å²) in [6, 6.07) is 12.6. The number of halogens is 6. The van der Waals surface area contributed by atoms with Gasteiger partial charge < -0.3 is 14.5 Å². The van der Waals surface area contributed by atoms with Gasteiger partial charge in [0.15, 0.2) is 0 Å². The fourth-order valence-electron chi connectivity index (χ4n) is 4.20. The van der Waals surface area contributed by atoms with Crippen LogP contribution >= 0.6 is 0 Å². The van der Waals surface area contributed by atoms with Gasteiger partial charge in [-0.15, -0.1) is 0 Å². The molecule has 1 aliphatic heterocycles. The van der Waals surface area contributed by atoms with E-state index in [1.165, 1.54) is 19.2 Å². The zero-order chi connectivity index (χ0) is 27.8. The molecule has 5 nitrogen and oxygen atoms in total. The maximum Gasteiger partial charge on any atom is 0.407 e. The van der Waals surface area contributed by atoms with Crippen LogP contribution in [0.5, 0.6) is 0 Å². The van der Waals surface area contributed by atoms with Crippen molar-refractivity contribution >= 4 is 22.6 Å². The van der Waals surface area contributed by atoms with E-state index in [2.05, 4.69) is 10.3 Å². The summed E-state index contributed by atoms with van der Waals surface area (Å²) >= 11 is 0. The summed E-state index contributed by atoms with van der Waals surface area (Å²) in [5, 5.41) is 2.88. The van der Waals surface area contributed by atoms with Gasteiger partial charge in [-0.3, -0.25) is 4.99 Å². The van der Waals surface area contributed by atoms with Crippen LogP contribution in [0.25, 0.3) is 33.4 Å². The molecule has 0 radical (unpaired) electrons. The molecule has 0 bridgehead atoms. The molecule has 1 N–H and O–H groups in total. The topological polar surface area (TPSA) is 63.8 Å². The van der Waals surface area contributed by atoms with Crippen LogP contribution in [0.1, 0.15) is 21.5 Å². The van der Waals surface area contributed by atoms with Crippen molar-refractivity contribution in [2.24, 2.45) is 4.99 Å². The molecule has 0 saturated carbocycles. The maximum atomic E-state index is 12.9. The van der Waals surface area contributed by atoms with Crippen LogP contribution < -0.4 is 10.7 Å². The van der Waals surface area contributed by atoms with Gasteiger partial charge in [0.25, 0.3) is 0 Å². The van der Waals surface area contributed by atoms with Crippen LogP contribution in [0.4, 0.5) is 32.0 Å². The van der Waals surface area contributed by atoms with E-state index in [-0.39, 0.29) is 28.0 Å². The number of benzene rings is 3. The molecule has 0 unspecified atom stereocenters. The number of hydrogen-bond acceptors (Lipinski definition) is 5. The number of alkyl halides is 6. The Hall–Kier alpha value is -4.02. The molecule has 0 aromatic heterocycles. The highest BCUT2D eigenvalue weighted by Crippen LogP contribution is 2.43. The summed E-state index contributed by atoms with van der Waals surface area (Å²) in [5.41, 5.74) is 2.93. The lowest BCUT2D eigenvalue weighted by Gasteiger charge is -2.20. The molecule has 1 heterocycles. The third-order valence-corrected chi connectivity index (χ3v) is 5.89. The number of nitrogens with one attached hydrogen (secondary N) is 1. The lowest BCUT2D eigenvalue weighted by Crippen LogP contribution is -2.21. The molecular weight excluding hydrogens is 514 g/mol. The smallest absolute Gasteiger partial charge is 0.407 e. The first-order valence-corrected chi connectivity index (χ1v) is 11.3. The van der Waals surface area contributed by atoms with E-state index >= 15 is 0 Å². The summed E-state index contributed by atoms with van der Waals surface area (Å²) in [5.74, 6) is -0.472. The molecule has 11 heteroatoms. The molecule has 4 rings (SSSR count). The molecule has 200 valence electrons. The van der Waals surface area contributed by atoms with Crippen molar-refractivity contribution in [2.45, 2.75) is 26.2 Å². The monoisotopic (exact) mass is 536 g/mol. The van der Waals surface area contributed by atoms with Crippen LogP contribution in [-0.4, -0.2) is 38.5 Å². The highest BCUT2D eigenvalue weighted by molar-refractivity contribution is 6.08. The van der Waals surface area contributed by atoms with Gasteiger partial charge in [-0.05, 0) is 48.7 Å². The van der Waals surface area contributed by atoms with E-state index in [1.807, 2.05) is 0 Å². The molecule has 1 aliphatic carbocycles. The molecule has 0 spiro atoms. The van der Waals surface area contributed by atoms with Crippen molar-refractivity contribution in [1.29, 1.82) is 0 Å². The summed E-state index contributed by atoms with van der Waals surface area (Å²) < 4.78 is 88.0. The molecule has 0 amide bonds. The number of fused-ring (bicyclic) bond motifs is 2. The number of methoxy groups -OCH3 is 1. The van der Waals surface area contributed by atoms with Crippen LogP contribution in [0.3, 0.4) is 0 Å². The van der Waals surface area contributed by atoms with Gasteiger partial charge in [-0.1, -0.05) is 18.2 Å². The standard InChI is InChI=1S/C27H22F6N2O3/c1-14-8-18-22(10-20(14)34-12-26(28,29)30)38-23-11-21(35-13-27(31,32)33)15(2)9-19(23)24(18)16-6-4-5-7-17(16)25(36)37-3/h4-11,34H,12-13H2,1-3H3. The quantitative estimate of drug-likeness (QED) is 0.169. The molecule has 2 aromatic carbocycles. The Morgan fingerprint density at radius 2 is 1.66 bits per heavy atom. The zero-order valence-electron chi connectivity index (χ0n) is 20.5. The summed E-state index contributed by atoms with van der Waals surface area (Å²) in [6.07, 6.45) is -8.97. The van der Waals surface area contributed by atoms with Gasteiger partial charge in [0.2, 0.25) is 0 Å². The first kappa shape index (κ1) is 27.0. The maximum absolute atomic E-state index is 12.9. The molecule has 0 saturated heterocycles. The number of aryl methyl sites for hydroxylation is 2. The van der Waals surface area contributed by atoms with Gasteiger partial charge in [0.05, 0.1) is 18.0 Å². The molecular formula is C27H22F6N2O3. The lowest BCUT2D eigenvalue weighted by atomic mass is 9.89. The number of carbonyl (C=O) groups is 1. The first-order valence-electron chi connectivity index (χ1n) is 11.3. The Kier molecular flexibility index (Phi) is 7.14. The minimum absolute atomic E-state index is 0.0488. The minimum Gasteiger partial charge on any atom is -0.465 e. The molecule has 2 aliphatic rings. The van der Waals surface area contributed by atoms with Gasteiger partial charge in [-0.2, -0.15) is 26.3 Å². The van der Waals surface area contributed by atoms with Crippen LogP contribution in [0.2, 0.25) is 0 Å². The number of nitrogens with zero attached hydrogens (tertiary/aromatic N) is 1. The third kappa shape index (κ3) is 5.76. The van der Waals surface area contributed by atoms with E-state index in [0.717, 1.165) is 0 Å². The summed E-state index contributed by atoms with van der Waals surface area (Å²) in [4.78, 5) is 16.3. The Bertz CT molecular complexity index is 1550. The highest BCUT2D eigenvalue weighted by Gasteiger charge is 2.28. The van der Waals surface area contributed by atoms with Crippen LogP contribution in [0.15, 0.2) is 57.9 Å². The Morgan fingerprint density at radius 3 is 2.32 bits per heavy atom. The molecule has 0 fully saturated rings. The molecule has 2 aromatic rings. The molecule has 38 heavy (non-hydrogen) atoms. The molecule has 0 atom stereocenters. The van der Waals surface area contributed by atoms with Crippen molar-refractivity contribution in [3.05, 3.63) is 70.6 Å². The largest absolute Gasteiger partial charge is 0.465 e. The van der Waals surface area contributed by atoms with Crippen LogP contribution in [-0.2, 0) is 4.74 Å². The van der Waals surface area contributed by atoms with Gasteiger partial charge >= 0.3 is 18.3 Å². The average molecular weight is 536 g/mol. The van der Waals surface area contributed by atoms with Gasteiger partial charge in [0, 0.05) is 34.3 Å². The SMILES string of the molecule is COC(=O)c1ccccc1-c1c2cc(C)c(=NCC(F)(F)F)cc-2oc2cc(NCC(F)(F)F)c(C)cc12. The summed E-state index contributed by atoms with van der Waals surface area (Å²) in [7, 11) is 1.23. The van der Waals surface area contributed by atoms with Gasteiger partial charge in [-0.25, -0.2) is 4.79 Å². The number of esters is 1. The number of anilines is 1. The highest BCUT2D eigenvalue weighted by atomic mass is 19.4. The zero-order valence-corrected chi connectivity index (χ0v) is 20.5. The number of hydrogen-bond donors (Lipinski definition) is 1. The van der Waals surface area contributed by atoms with Crippen molar-refractivity contribution < 1.29 is 40.3 Å². The van der Waals surface area contributed by atoms with Crippen molar-refractivity contribution in [3.8, 4) is 22.5 Å². The van der Waals surface area contributed by atoms with E-state index < -0.39 is 31.4 Å². The second-order valence-corrected chi connectivity index (χ2v) is 8.71. The summed E-state index contributed by atoms with van der Waals surface area (Å²) in [6.45, 7) is 0.563. The predicted octanol–water partition coefficient (Wildman–Crippen LogP) is 7.05. The van der Waals surface area contributed by atoms with Crippen molar-refractivity contribution in [1.82, 2.24) is 0 Å². The Morgan fingerprint density at radius 1 is 0.947 bits per heavy atom. The van der Waals surface area contributed by atoms with E-state index in [4.69, 9.17) is 9.15 Å². The Balaban J connectivity index is 2.07. The number of carbonyl (C=O) groups excluding carboxylic acids is 1. The predicted molar refractivity (Wildman–Crippen MR) is 130 cm³/mol. The lowest BCUT2D eigenvalue weighted by molar-refractivity contribution is -0.118. The normalized spacial score (nSPS) is 12.8. The van der Waals surface area contributed by atoms with E-state index in [1.54, 1.807) is 50.2 Å². The third-order valence-electron chi connectivity index (χ3n) is 5.89. The van der Waals surface area contributed by atoms with Crippen molar-refractivity contribution in [2.75, 3.05) is 25.5 Å². The second-order valence-electron chi connectivity index (χ2n) is 8.71. The average Bonchev–Trinajstić information content (AvgIpc) is 2.84. The fraction of sp³-hybridized carbons (Fsp3) is 0.259. The number of ether oxygens (including phenoxy) is 1. The second kappa shape index (κ2) is 10.0. The number of rotatable bonds is 5. The van der Waals surface area contributed by atoms with Crippen LogP contribution in [0, 0.1) is 13.8 Å². The van der Waals surface area contributed by atoms with E-state index in [9.17, 15) is 31.1 Å². The first-order chi connectivity index (χ1) is 17.8. The van der Waals surface area contributed by atoms with Crippen molar-refractivity contribution in [3.63, 3.8) is 0 Å². The minimum atomic E-state index is -4.51.